The fraction of sp³-hybridized carbons (Fsp3) is 0.789. The zero-order valence-electron chi connectivity index (χ0n) is 16.1. The lowest BCUT2D eigenvalue weighted by atomic mass is 10.2. The van der Waals surface area contributed by atoms with Crippen LogP contribution in [0.15, 0.2) is 12.3 Å². The Morgan fingerprint density at radius 1 is 1.17 bits per heavy atom. The van der Waals surface area contributed by atoms with Crippen LogP contribution in [0.25, 0.3) is 0 Å². The lowest BCUT2D eigenvalue weighted by Gasteiger charge is -2.26. The van der Waals surface area contributed by atoms with Gasteiger partial charge in [0, 0.05) is 25.3 Å². The van der Waals surface area contributed by atoms with Crippen LogP contribution >= 0.6 is 0 Å². The zero-order valence-corrected chi connectivity index (χ0v) is 16.1. The molecule has 1 aromatic heterocycles. The van der Waals surface area contributed by atoms with Crippen molar-refractivity contribution in [1.82, 2.24) is 20.0 Å². The van der Waals surface area contributed by atoms with Crippen LogP contribution in [0.5, 0.6) is 0 Å². The number of aryl methyl sites for hydroxylation is 1. The second kappa shape index (κ2) is 12.1. The maximum absolute atomic E-state index is 12.3. The molecule has 0 radical (unpaired) electrons. The van der Waals surface area contributed by atoms with E-state index >= 15 is 0 Å². The minimum atomic E-state index is -0.0724. The van der Waals surface area contributed by atoms with Crippen LogP contribution in [-0.2, 0) is 6.54 Å². The molecule has 0 aliphatic carbocycles. The number of aromatic nitrogens is 2. The SMILES string of the molecule is CCCCCN(CCCCC)CC(C)NC(=O)c1ccn(CC)n1. The number of hydrogen-bond acceptors (Lipinski definition) is 3. The molecule has 0 fully saturated rings. The maximum atomic E-state index is 12.3. The van der Waals surface area contributed by atoms with E-state index < -0.39 is 0 Å². The van der Waals surface area contributed by atoms with E-state index in [-0.39, 0.29) is 11.9 Å². The van der Waals surface area contributed by atoms with Gasteiger partial charge in [-0.2, -0.15) is 5.10 Å². The van der Waals surface area contributed by atoms with Gasteiger partial charge >= 0.3 is 0 Å². The summed E-state index contributed by atoms with van der Waals surface area (Å²) in [5.41, 5.74) is 0.507. The lowest BCUT2D eigenvalue weighted by molar-refractivity contribution is 0.0922. The Morgan fingerprint density at radius 2 is 1.79 bits per heavy atom. The average Bonchev–Trinajstić information content (AvgIpc) is 3.04. The van der Waals surface area contributed by atoms with Crippen molar-refractivity contribution in [3.63, 3.8) is 0 Å². The van der Waals surface area contributed by atoms with Crippen molar-refractivity contribution in [2.45, 2.75) is 78.8 Å². The molecule has 1 atom stereocenters. The summed E-state index contributed by atoms with van der Waals surface area (Å²) in [5.74, 6) is -0.0724. The fourth-order valence-corrected chi connectivity index (χ4v) is 2.85. The van der Waals surface area contributed by atoms with Gasteiger partial charge in [-0.3, -0.25) is 9.48 Å². The summed E-state index contributed by atoms with van der Waals surface area (Å²) in [6, 6.07) is 1.92. The van der Waals surface area contributed by atoms with Crippen molar-refractivity contribution in [3.05, 3.63) is 18.0 Å². The molecular weight excluding hydrogens is 300 g/mol. The normalized spacial score (nSPS) is 12.5. The molecule has 24 heavy (non-hydrogen) atoms. The van der Waals surface area contributed by atoms with Gasteiger partial charge in [0.15, 0.2) is 0 Å². The second-order valence-electron chi connectivity index (χ2n) is 6.65. The molecule has 1 N–H and O–H groups in total. The molecule has 0 aliphatic heterocycles. The van der Waals surface area contributed by atoms with Gasteiger partial charge in [0.2, 0.25) is 0 Å². The molecule has 0 aliphatic rings. The van der Waals surface area contributed by atoms with Gasteiger partial charge in [-0.05, 0) is 45.8 Å². The summed E-state index contributed by atoms with van der Waals surface area (Å²) < 4.78 is 1.78. The van der Waals surface area contributed by atoms with Crippen LogP contribution in [0.2, 0.25) is 0 Å². The topological polar surface area (TPSA) is 50.2 Å². The molecular formula is C19H36N4O. The van der Waals surface area contributed by atoms with Gasteiger partial charge in [-0.25, -0.2) is 0 Å². The Bertz CT molecular complexity index is 448. The smallest absolute Gasteiger partial charge is 0.272 e. The molecule has 1 heterocycles. The Kier molecular flexibility index (Phi) is 10.4. The van der Waals surface area contributed by atoms with E-state index in [1.54, 1.807) is 10.7 Å². The van der Waals surface area contributed by atoms with E-state index in [0.29, 0.717) is 5.69 Å². The highest BCUT2D eigenvalue weighted by atomic mass is 16.2. The highest BCUT2D eigenvalue weighted by Crippen LogP contribution is 2.05. The molecule has 0 aromatic carbocycles. The Morgan fingerprint density at radius 3 is 2.29 bits per heavy atom. The third-order valence-corrected chi connectivity index (χ3v) is 4.26. The molecule has 0 bridgehead atoms. The first kappa shape index (κ1) is 20.7. The third kappa shape index (κ3) is 7.95. The van der Waals surface area contributed by atoms with Crippen LogP contribution in [0.4, 0.5) is 0 Å². The standard InChI is InChI=1S/C19H36N4O/c1-5-8-10-13-22(14-11-9-6-2)16-17(4)20-19(24)18-12-15-23(7-3)21-18/h12,15,17H,5-11,13-14,16H2,1-4H3,(H,20,24). The first-order chi connectivity index (χ1) is 11.6. The largest absolute Gasteiger partial charge is 0.347 e. The predicted octanol–water partition coefficient (Wildman–Crippen LogP) is 3.70. The first-order valence-electron chi connectivity index (χ1n) is 9.67. The Hall–Kier alpha value is -1.36. The molecule has 138 valence electrons. The minimum Gasteiger partial charge on any atom is -0.347 e. The maximum Gasteiger partial charge on any atom is 0.272 e. The number of nitrogens with one attached hydrogen (secondary N) is 1. The van der Waals surface area contributed by atoms with E-state index in [4.69, 9.17) is 0 Å². The van der Waals surface area contributed by atoms with Crippen LogP contribution in [0.3, 0.4) is 0 Å². The number of unbranched alkanes of at least 4 members (excludes halogenated alkanes) is 4. The molecule has 5 heteroatoms. The molecule has 0 saturated carbocycles. The third-order valence-electron chi connectivity index (χ3n) is 4.26. The van der Waals surface area contributed by atoms with E-state index in [0.717, 1.165) is 26.2 Å². The summed E-state index contributed by atoms with van der Waals surface area (Å²) in [7, 11) is 0. The quantitative estimate of drug-likeness (QED) is 0.559. The summed E-state index contributed by atoms with van der Waals surface area (Å²) in [6.45, 7) is 12.5. The predicted molar refractivity (Wildman–Crippen MR) is 100 cm³/mol. The van der Waals surface area contributed by atoms with Crippen LogP contribution in [-0.4, -0.2) is 46.3 Å². The molecule has 5 nitrogen and oxygen atoms in total. The van der Waals surface area contributed by atoms with Crippen molar-refractivity contribution >= 4 is 5.91 Å². The zero-order chi connectivity index (χ0) is 17.8. The van der Waals surface area contributed by atoms with Crippen molar-refractivity contribution < 1.29 is 4.79 Å². The minimum absolute atomic E-state index is 0.0724. The van der Waals surface area contributed by atoms with Crippen molar-refractivity contribution in [1.29, 1.82) is 0 Å². The highest BCUT2D eigenvalue weighted by molar-refractivity contribution is 5.92. The van der Waals surface area contributed by atoms with Crippen molar-refractivity contribution in [3.8, 4) is 0 Å². The van der Waals surface area contributed by atoms with E-state index in [2.05, 4.69) is 36.1 Å². The Labute approximate surface area is 147 Å². The summed E-state index contributed by atoms with van der Waals surface area (Å²) in [6.07, 6.45) is 9.37. The number of carbonyl (C=O) groups excluding carboxylic acids is 1. The molecule has 1 amide bonds. The van der Waals surface area contributed by atoms with Crippen molar-refractivity contribution in [2.75, 3.05) is 19.6 Å². The number of rotatable bonds is 13. The molecule has 1 aromatic rings. The Balaban J connectivity index is 2.45. The number of nitrogens with zero attached hydrogens (tertiary/aromatic N) is 3. The fourth-order valence-electron chi connectivity index (χ4n) is 2.85. The monoisotopic (exact) mass is 336 g/mol. The van der Waals surface area contributed by atoms with E-state index in [1.165, 1.54) is 38.5 Å². The van der Waals surface area contributed by atoms with E-state index in [1.807, 2.05) is 13.1 Å². The van der Waals surface area contributed by atoms with Crippen LogP contribution < -0.4 is 5.32 Å². The van der Waals surface area contributed by atoms with Crippen molar-refractivity contribution in [2.24, 2.45) is 0 Å². The number of hydrogen-bond donors (Lipinski definition) is 1. The molecule has 0 saturated heterocycles. The van der Waals surface area contributed by atoms with Gasteiger partial charge in [0.05, 0.1) is 0 Å². The van der Waals surface area contributed by atoms with Gasteiger partial charge in [0.1, 0.15) is 5.69 Å². The van der Waals surface area contributed by atoms with Gasteiger partial charge in [-0.1, -0.05) is 39.5 Å². The van der Waals surface area contributed by atoms with Crippen LogP contribution in [0.1, 0.15) is 76.7 Å². The summed E-state index contributed by atoms with van der Waals surface area (Å²) in [5, 5.41) is 7.36. The van der Waals surface area contributed by atoms with Gasteiger partial charge in [-0.15, -0.1) is 0 Å². The van der Waals surface area contributed by atoms with Crippen LogP contribution in [0, 0.1) is 0 Å². The number of amides is 1. The molecule has 1 unspecified atom stereocenters. The molecule has 0 spiro atoms. The average molecular weight is 337 g/mol. The van der Waals surface area contributed by atoms with E-state index in [9.17, 15) is 4.79 Å². The van der Waals surface area contributed by atoms with Gasteiger partial charge in [0.25, 0.3) is 5.91 Å². The summed E-state index contributed by atoms with van der Waals surface area (Å²) in [4.78, 5) is 14.8. The van der Waals surface area contributed by atoms with Gasteiger partial charge < -0.3 is 10.2 Å². The lowest BCUT2D eigenvalue weighted by Crippen LogP contribution is -2.42. The second-order valence-corrected chi connectivity index (χ2v) is 6.65. The summed E-state index contributed by atoms with van der Waals surface area (Å²) >= 11 is 0. The highest BCUT2D eigenvalue weighted by Gasteiger charge is 2.15. The number of carbonyl (C=O) groups is 1. The molecule has 1 rings (SSSR count). The first-order valence-corrected chi connectivity index (χ1v) is 9.67.